The largest absolute Gasteiger partial charge is 0.491 e. The number of ether oxygens (including phenoxy) is 1. The van der Waals surface area contributed by atoms with Crippen LogP contribution in [-0.2, 0) is 9.59 Å². The fourth-order valence-corrected chi connectivity index (χ4v) is 2.83. The molecule has 1 aromatic rings. The molecule has 2 atom stereocenters. The Bertz CT molecular complexity index is 613. The van der Waals surface area contributed by atoms with E-state index < -0.39 is 29.8 Å². The zero-order chi connectivity index (χ0) is 15.0. The number of imide groups is 2. The van der Waals surface area contributed by atoms with Crippen molar-refractivity contribution in [1.82, 2.24) is 10.2 Å². The summed E-state index contributed by atoms with van der Waals surface area (Å²) in [6, 6.07) is 6.17. The highest BCUT2D eigenvalue weighted by atomic mass is 16.5. The second-order valence-electron chi connectivity index (χ2n) is 5.21. The lowest BCUT2D eigenvalue weighted by atomic mass is 9.97. The molecule has 2 aliphatic heterocycles. The van der Waals surface area contributed by atoms with E-state index in [9.17, 15) is 14.4 Å². The van der Waals surface area contributed by atoms with Crippen LogP contribution >= 0.6 is 0 Å². The maximum absolute atomic E-state index is 12.5. The highest BCUT2D eigenvalue weighted by Crippen LogP contribution is 2.37. The molecule has 1 fully saturated rings. The molecule has 2 heterocycles. The van der Waals surface area contributed by atoms with E-state index in [2.05, 4.69) is 5.32 Å². The first kappa shape index (κ1) is 13.6. The Morgan fingerprint density at radius 2 is 2.05 bits per heavy atom. The van der Waals surface area contributed by atoms with E-state index in [0.29, 0.717) is 18.6 Å². The predicted octanol–water partition coefficient (Wildman–Crippen LogP) is 1.61. The highest BCUT2D eigenvalue weighted by Gasteiger charge is 2.45. The van der Waals surface area contributed by atoms with E-state index in [1.165, 1.54) is 0 Å². The molecule has 0 bridgehead atoms. The van der Waals surface area contributed by atoms with Crippen molar-refractivity contribution >= 4 is 17.8 Å². The summed E-state index contributed by atoms with van der Waals surface area (Å²) in [4.78, 5) is 37.5. The van der Waals surface area contributed by atoms with Gasteiger partial charge >= 0.3 is 6.03 Å². The average Bonchev–Trinajstić information content (AvgIpc) is 2.87. The number of para-hydroxylation sites is 1. The Morgan fingerprint density at radius 3 is 2.81 bits per heavy atom. The van der Waals surface area contributed by atoms with Crippen LogP contribution in [0.25, 0.3) is 0 Å². The monoisotopic (exact) mass is 288 g/mol. The van der Waals surface area contributed by atoms with Crippen molar-refractivity contribution in [2.45, 2.75) is 25.8 Å². The van der Waals surface area contributed by atoms with Crippen LogP contribution in [0.5, 0.6) is 5.75 Å². The summed E-state index contributed by atoms with van der Waals surface area (Å²) in [5, 5.41) is 2.27. The number of rotatable bonds is 3. The molecule has 0 aliphatic carbocycles. The van der Waals surface area contributed by atoms with Gasteiger partial charge in [-0.25, -0.2) is 4.79 Å². The van der Waals surface area contributed by atoms with E-state index >= 15 is 0 Å². The minimum absolute atomic E-state index is 0.228. The second-order valence-corrected chi connectivity index (χ2v) is 5.21. The third-order valence-electron chi connectivity index (χ3n) is 3.86. The molecule has 0 radical (unpaired) electrons. The molecule has 6 nitrogen and oxygen atoms in total. The van der Waals surface area contributed by atoms with Gasteiger partial charge in [-0.05, 0) is 12.5 Å². The van der Waals surface area contributed by atoms with Crippen LogP contribution in [0.3, 0.4) is 0 Å². The Balaban J connectivity index is 1.92. The van der Waals surface area contributed by atoms with Gasteiger partial charge in [0.15, 0.2) is 0 Å². The number of carbonyl (C=O) groups is 3. The number of benzene rings is 1. The number of urea groups is 1. The number of nitrogens with zero attached hydrogens (tertiary/aromatic N) is 1. The molecule has 0 aromatic heterocycles. The van der Waals surface area contributed by atoms with E-state index in [0.717, 1.165) is 10.5 Å². The van der Waals surface area contributed by atoms with Crippen LogP contribution in [0.1, 0.15) is 31.4 Å². The SMILES string of the molecule is CCCC1C(=O)NC(=O)N(C2COc3ccccc32)C1=O. The fourth-order valence-electron chi connectivity index (χ4n) is 2.83. The third kappa shape index (κ3) is 2.16. The first-order valence-electron chi connectivity index (χ1n) is 7.03. The van der Waals surface area contributed by atoms with Crippen LogP contribution in [-0.4, -0.2) is 29.4 Å². The molecule has 110 valence electrons. The summed E-state index contributed by atoms with van der Waals surface area (Å²) in [6.45, 7) is 2.13. The predicted molar refractivity (Wildman–Crippen MR) is 73.5 cm³/mol. The highest BCUT2D eigenvalue weighted by molar-refractivity contribution is 6.16. The van der Waals surface area contributed by atoms with Gasteiger partial charge in [0.2, 0.25) is 11.8 Å². The standard InChI is InChI=1S/C15H16N2O4/c1-2-5-10-13(18)16-15(20)17(14(10)19)11-8-21-12-7-4-3-6-9(11)12/h3-4,6-7,10-11H,2,5,8H2,1H3,(H,16,18,20). The Labute approximate surface area is 122 Å². The lowest BCUT2D eigenvalue weighted by Gasteiger charge is -2.33. The first-order chi connectivity index (χ1) is 10.1. The first-order valence-corrected chi connectivity index (χ1v) is 7.03. The number of amides is 4. The molecule has 3 rings (SSSR count). The summed E-state index contributed by atoms with van der Waals surface area (Å²) in [7, 11) is 0. The van der Waals surface area contributed by atoms with Gasteiger partial charge in [0, 0.05) is 5.56 Å². The van der Waals surface area contributed by atoms with Crippen molar-refractivity contribution in [2.24, 2.45) is 5.92 Å². The summed E-state index contributed by atoms with van der Waals surface area (Å²) < 4.78 is 5.52. The van der Waals surface area contributed by atoms with Crippen LogP contribution in [0.4, 0.5) is 4.79 Å². The Morgan fingerprint density at radius 1 is 1.29 bits per heavy atom. The van der Waals surface area contributed by atoms with Crippen molar-refractivity contribution in [3.05, 3.63) is 29.8 Å². The van der Waals surface area contributed by atoms with Crippen molar-refractivity contribution in [1.29, 1.82) is 0 Å². The van der Waals surface area contributed by atoms with E-state index in [4.69, 9.17) is 4.74 Å². The lowest BCUT2D eigenvalue weighted by Crippen LogP contribution is -2.58. The number of hydrogen-bond acceptors (Lipinski definition) is 4. The fraction of sp³-hybridized carbons (Fsp3) is 0.400. The molecular formula is C15H16N2O4. The maximum Gasteiger partial charge on any atom is 0.331 e. The summed E-state index contributed by atoms with van der Waals surface area (Å²) in [6.07, 6.45) is 1.13. The molecule has 0 spiro atoms. The normalized spacial score (nSPS) is 24.6. The number of nitrogens with one attached hydrogen (secondary N) is 1. The Kier molecular flexibility index (Phi) is 3.37. The number of barbiturate groups is 1. The molecule has 0 saturated carbocycles. The average molecular weight is 288 g/mol. The summed E-state index contributed by atoms with van der Waals surface area (Å²) in [5.74, 6) is -1.06. The van der Waals surface area contributed by atoms with E-state index in [1.54, 1.807) is 6.07 Å². The van der Waals surface area contributed by atoms with Crippen LogP contribution in [0.15, 0.2) is 24.3 Å². The third-order valence-corrected chi connectivity index (χ3v) is 3.86. The summed E-state index contributed by atoms with van der Waals surface area (Å²) in [5.41, 5.74) is 0.797. The van der Waals surface area contributed by atoms with Gasteiger partial charge in [-0.15, -0.1) is 0 Å². The molecule has 1 N–H and O–H groups in total. The van der Waals surface area contributed by atoms with Gasteiger partial charge in [-0.3, -0.25) is 19.8 Å². The maximum atomic E-state index is 12.5. The zero-order valence-electron chi connectivity index (χ0n) is 11.7. The van der Waals surface area contributed by atoms with Gasteiger partial charge in [0.25, 0.3) is 0 Å². The van der Waals surface area contributed by atoms with Gasteiger partial charge in [0.05, 0.1) is 0 Å². The number of hydrogen-bond donors (Lipinski definition) is 1. The zero-order valence-corrected chi connectivity index (χ0v) is 11.7. The molecule has 4 amide bonds. The smallest absolute Gasteiger partial charge is 0.331 e. The van der Waals surface area contributed by atoms with Gasteiger partial charge < -0.3 is 4.74 Å². The Hall–Kier alpha value is -2.37. The van der Waals surface area contributed by atoms with Gasteiger partial charge in [-0.2, -0.15) is 0 Å². The quantitative estimate of drug-likeness (QED) is 0.857. The van der Waals surface area contributed by atoms with Crippen molar-refractivity contribution < 1.29 is 19.1 Å². The molecule has 21 heavy (non-hydrogen) atoms. The summed E-state index contributed by atoms with van der Waals surface area (Å²) >= 11 is 0. The van der Waals surface area contributed by atoms with Crippen LogP contribution in [0, 0.1) is 5.92 Å². The lowest BCUT2D eigenvalue weighted by molar-refractivity contribution is -0.144. The van der Waals surface area contributed by atoms with Crippen LogP contribution < -0.4 is 10.1 Å². The number of fused-ring (bicyclic) bond motifs is 1. The van der Waals surface area contributed by atoms with Crippen LogP contribution in [0.2, 0.25) is 0 Å². The topological polar surface area (TPSA) is 75.7 Å². The minimum atomic E-state index is -0.791. The van der Waals surface area contributed by atoms with Gasteiger partial charge in [-0.1, -0.05) is 31.5 Å². The van der Waals surface area contributed by atoms with Crippen molar-refractivity contribution in [2.75, 3.05) is 6.61 Å². The molecule has 6 heteroatoms. The number of carbonyl (C=O) groups excluding carboxylic acids is 3. The molecule has 2 unspecified atom stereocenters. The van der Waals surface area contributed by atoms with Crippen molar-refractivity contribution in [3.63, 3.8) is 0 Å². The second kappa shape index (κ2) is 5.20. The molecule has 1 aromatic carbocycles. The molecule has 2 aliphatic rings. The van der Waals surface area contributed by atoms with Crippen molar-refractivity contribution in [3.8, 4) is 5.75 Å². The van der Waals surface area contributed by atoms with Gasteiger partial charge in [0.1, 0.15) is 24.3 Å². The molecule has 1 saturated heterocycles. The minimum Gasteiger partial charge on any atom is -0.491 e. The molecular weight excluding hydrogens is 272 g/mol. The van der Waals surface area contributed by atoms with E-state index in [1.807, 2.05) is 25.1 Å². The van der Waals surface area contributed by atoms with E-state index in [-0.39, 0.29) is 6.61 Å².